The fourth-order valence-corrected chi connectivity index (χ4v) is 2.60. The van der Waals surface area contributed by atoms with E-state index in [4.69, 9.17) is 28.5 Å². The molecule has 0 radical (unpaired) electrons. The summed E-state index contributed by atoms with van der Waals surface area (Å²) >= 11 is 15.4. The molecule has 1 atom stereocenters. The van der Waals surface area contributed by atoms with Crippen molar-refractivity contribution in [1.29, 1.82) is 5.26 Å². The Bertz CT molecular complexity index is 680. The SMILES string of the molecule is CC(Nc1ccc(C#N)cc1Br)c1ccc(Cl)c(Cl)c1. The van der Waals surface area contributed by atoms with E-state index in [1.54, 1.807) is 18.2 Å². The van der Waals surface area contributed by atoms with Gasteiger partial charge in [-0.15, -0.1) is 0 Å². The van der Waals surface area contributed by atoms with Gasteiger partial charge in [-0.05, 0) is 58.7 Å². The van der Waals surface area contributed by atoms with Crippen LogP contribution in [-0.2, 0) is 0 Å². The van der Waals surface area contributed by atoms with Crippen molar-refractivity contribution in [2.45, 2.75) is 13.0 Å². The number of rotatable bonds is 3. The lowest BCUT2D eigenvalue weighted by atomic mass is 10.1. The van der Waals surface area contributed by atoms with Crippen LogP contribution in [0.5, 0.6) is 0 Å². The van der Waals surface area contributed by atoms with Crippen molar-refractivity contribution < 1.29 is 0 Å². The zero-order chi connectivity index (χ0) is 14.7. The van der Waals surface area contributed by atoms with Gasteiger partial charge in [0.1, 0.15) is 0 Å². The van der Waals surface area contributed by atoms with Crippen LogP contribution in [-0.4, -0.2) is 0 Å². The van der Waals surface area contributed by atoms with Gasteiger partial charge in [0.2, 0.25) is 0 Å². The maximum absolute atomic E-state index is 8.85. The molecule has 0 amide bonds. The van der Waals surface area contributed by atoms with Crippen molar-refractivity contribution in [3.63, 3.8) is 0 Å². The van der Waals surface area contributed by atoms with Crippen LogP contribution >= 0.6 is 39.1 Å². The van der Waals surface area contributed by atoms with E-state index in [1.807, 2.05) is 25.1 Å². The molecule has 0 aliphatic rings. The zero-order valence-electron chi connectivity index (χ0n) is 10.6. The molecule has 0 saturated heterocycles. The number of nitriles is 1. The molecule has 1 N–H and O–H groups in total. The molecular formula is C15H11BrCl2N2. The lowest BCUT2D eigenvalue weighted by Gasteiger charge is -2.17. The van der Waals surface area contributed by atoms with Crippen LogP contribution in [0.25, 0.3) is 0 Å². The number of hydrogen-bond donors (Lipinski definition) is 1. The number of nitrogens with zero attached hydrogens (tertiary/aromatic N) is 1. The average molecular weight is 370 g/mol. The van der Waals surface area contributed by atoms with Gasteiger partial charge in [-0.3, -0.25) is 0 Å². The summed E-state index contributed by atoms with van der Waals surface area (Å²) in [6.45, 7) is 2.03. The van der Waals surface area contributed by atoms with E-state index in [0.29, 0.717) is 15.6 Å². The van der Waals surface area contributed by atoms with Gasteiger partial charge in [0.25, 0.3) is 0 Å². The van der Waals surface area contributed by atoms with Gasteiger partial charge in [-0.25, -0.2) is 0 Å². The van der Waals surface area contributed by atoms with Gasteiger partial charge < -0.3 is 5.32 Å². The number of hydrogen-bond acceptors (Lipinski definition) is 2. The van der Waals surface area contributed by atoms with Crippen molar-refractivity contribution in [2.75, 3.05) is 5.32 Å². The highest BCUT2D eigenvalue weighted by molar-refractivity contribution is 9.10. The number of halogens is 3. The summed E-state index contributed by atoms with van der Waals surface area (Å²) in [6, 6.07) is 13.2. The minimum absolute atomic E-state index is 0.0639. The third-order valence-electron chi connectivity index (χ3n) is 2.91. The monoisotopic (exact) mass is 368 g/mol. The predicted octanol–water partition coefficient (Wildman–Crippen LogP) is 5.80. The molecule has 0 aliphatic heterocycles. The van der Waals surface area contributed by atoms with E-state index >= 15 is 0 Å². The molecular weight excluding hydrogens is 359 g/mol. The van der Waals surface area contributed by atoms with Gasteiger partial charge >= 0.3 is 0 Å². The smallest absolute Gasteiger partial charge is 0.0992 e. The summed E-state index contributed by atoms with van der Waals surface area (Å²) in [5.74, 6) is 0. The van der Waals surface area contributed by atoms with Crippen molar-refractivity contribution in [2.24, 2.45) is 0 Å². The van der Waals surface area contributed by atoms with E-state index in [1.165, 1.54) is 0 Å². The lowest BCUT2D eigenvalue weighted by Crippen LogP contribution is -2.07. The van der Waals surface area contributed by atoms with Crippen LogP contribution in [0, 0.1) is 11.3 Å². The summed E-state index contributed by atoms with van der Waals surface area (Å²) in [6.07, 6.45) is 0. The van der Waals surface area contributed by atoms with Crippen LogP contribution in [0.1, 0.15) is 24.1 Å². The Morgan fingerprint density at radius 3 is 2.50 bits per heavy atom. The normalized spacial score (nSPS) is 11.8. The molecule has 2 rings (SSSR count). The van der Waals surface area contributed by atoms with Gasteiger partial charge in [-0.1, -0.05) is 29.3 Å². The van der Waals surface area contributed by atoms with Crippen molar-refractivity contribution in [3.8, 4) is 6.07 Å². The molecule has 2 aromatic rings. The van der Waals surface area contributed by atoms with Crippen molar-refractivity contribution in [3.05, 3.63) is 62.0 Å². The molecule has 0 spiro atoms. The number of benzene rings is 2. The van der Waals surface area contributed by atoms with Crippen LogP contribution < -0.4 is 5.32 Å². The van der Waals surface area contributed by atoms with E-state index in [9.17, 15) is 0 Å². The molecule has 1 unspecified atom stereocenters. The number of nitrogens with one attached hydrogen (secondary N) is 1. The van der Waals surface area contributed by atoms with Crippen LogP contribution in [0.15, 0.2) is 40.9 Å². The standard InChI is InChI=1S/C15H11BrCl2N2/c1-9(11-3-4-13(17)14(18)7-11)20-15-5-2-10(8-19)6-12(15)16/h2-7,9,20H,1H3. The maximum Gasteiger partial charge on any atom is 0.0992 e. The molecule has 2 nitrogen and oxygen atoms in total. The van der Waals surface area contributed by atoms with Gasteiger partial charge in [-0.2, -0.15) is 5.26 Å². The highest BCUT2D eigenvalue weighted by Gasteiger charge is 2.09. The minimum Gasteiger partial charge on any atom is -0.378 e. The van der Waals surface area contributed by atoms with Crippen LogP contribution in [0.3, 0.4) is 0 Å². The van der Waals surface area contributed by atoms with Gasteiger partial charge in [0.15, 0.2) is 0 Å². The third-order valence-corrected chi connectivity index (χ3v) is 4.31. The second-order valence-electron chi connectivity index (χ2n) is 4.35. The molecule has 0 aromatic heterocycles. The van der Waals surface area contributed by atoms with Crippen LogP contribution in [0.4, 0.5) is 5.69 Å². The first kappa shape index (κ1) is 15.2. The summed E-state index contributed by atoms with van der Waals surface area (Å²) in [4.78, 5) is 0. The van der Waals surface area contributed by atoms with Gasteiger partial charge in [0.05, 0.1) is 21.7 Å². The largest absolute Gasteiger partial charge is 0.378 e. The Morgan fingerprint density at radius 1 is 1.15 bits per heavy atom. The molecule has 0 fully saturated rings. The van der Waals surface area contributed by atoms with Crippen molar-refractivity contribution in [1.82, 2.24) is 0 Å². The molecule has 5 heteroatoms. The highest BCUT2D eigenvalue weighted by Crippen LogP contribution is 2.30. The fraction of sp³-hybridized carbons (Fsp3) is 0.133. The molecule has 0 bridgehead atoms. The first-order chi connectivity index (χ1) is 9.51. The Kier molecular flexibility index (Phi) is 4.93. The second kappa shape index (κ2) is 6.49. The van der Waals surface area contributed by atoms with E-state index in [0.717, 1.165) is 15.7 Å². The predicted molar refractivity (Wildman–Crippen MR) is 87.4 cm³/mol. The molecule has 0 heterocycles. The summed E-state index contributed by atoms with van der Waals surface area (Å²) in [7, 11) is 0. The first-order valence-corrected chi connectivity index (χ1v) is 7.47. The van der Waals surface area contributed by atoms with Crippen LogP contribution in [0.2, 0.25) is 10.0 Å². The van der Waals surface area contributed by atoms with E-state index in [2.05, 4.69) is 27.3 Å². The molecule has 0 saturated carbocycles. The minimum atomic E-state index is 0.0639. The Balaban J connectivity index is 2.21. The van der Waals surface area contributed by atoms with E-state index < -0.39 is 0 Å². The highest BCUT2D eigenvalue weighted by atomic mass is 79.9. The summed E-state index contributed by atoms with van der Waals surface area (Å²) in [5, 5.41) is 13.3. The zero-order valence-corrected chi connectivity index (χ0v) is 13.7. The lowest BCUT2D eigenvalue weighted by molar-refractivity contribution is 0.883. The summed E-state index contributed by atoms with van der Waals surface area (Å²) < 4.78 is 0.850. The molecule has 0 aliphatic carbocycles. The van der Waals surface area contributed by atoms with Gasteiger partial charge in [0, 0.05) is 16.2 Å². The molecule has 2 aromatic carbocycles. The van der Waals surface area contributed by atoms with E-state index in [-0.39, 0.29) is 6.04 Å². The second-order valence-corrected chi connectivity index (χ2v) is 6.01. The van der Waals surface area contributed by atoms with Crippen molar-refractivity contribution >= 4 is 44.8 Å². The Morgan fingerprint density at radius 2 is 1.90 bits per heavy atom. The number of anilines is 1. The fourth-order valence-electron chi connectivity index (χ4n) is 1.80. The quantitative estimate of drug-likeness (QED) is 0.741. The maximum atomic E-state index is 8.85. The molecule has 102 valence electrons. The summed E-state index contributed by atoms with van der Waals surface area (Å²) in [5.41, 5.74) is 2.57. The Hall–Kier alpha value is -1.21. The Labute approximate surface area is 136 Å². The average Bonchev–Trinajstić information content (AvgIpc) is 2.43. The first-order valence-electron chi connectivity index (χ1n) is 5.92. The topological polar surface area (TPSA) is 35.8 Å². The third kappa shape index (κ3) is 3.46. The molecule has 20 heavy (non-hydrogen) atoms.